The van der Waals surface area contributed by atoms with E-state index in [1.165, 1.54) is 43.7 Å². The van der Waals surface area contributed by atoms with E-state index in [9.17, 15) is 19.2 Å². The van der Waals surface area contributed by atoms with Crippen LogP contribution in [0.2, 0.25) is 0 Å². The van der Waals surface area contributed by atoms with Crippen molar-refractivity contribution in [3.63, 3.8) is 0 Å². The molecule has 1 N–H and O–H groups in total. The number of ether oxygens (including phenoxy) is 1. The number of amides is 1. The largest absolute Gasteiger partial charge is 0.465 e. The van der Waals surface area contributed by atoms with Gasteiger partial charge in [-0.2, -0.15) is 0 Å². The highest BCUT2D eigenvalue weighted by molar-refractivity contribution is 8.00. The van der Waals surface area contributed by atoms with Gasteiger partial charge >= 0.3 is 11.7 Å². The highest BCUT2D eigenvalue weighted by atomic mass is 32.2. The van der Waals surface area contributed by atoms with E-state index in [4.69, 9.17) is 0 Å². The predicted molar refractivity (Wildman–Crippen MR) is 109 cm³/mol. The second-order valence-electron chi connectivity index (χ2n) is 6.12. The Morgan fingerprint density at radius 1 is 1.10 bits per heavy atom. The molecular formula is C19H18N4O5S. The molecule has 9 nitrogen and oxygen atoms in total. The van der Waals surface area contributed by atoms with Crippen LogP contribution in [0.4, 0.5) is 5.69 Å². The summed E-state index contributed by atoms with van der Waals surface area (Å²) in [5.74, 6) is -0.699. The number of benzene rings is 1. The van der Waals surface area contributed by atoms with Gasteiger partial charge in [0.1, 0.15) is 5.65 Å². The van der Waals surface area contributed by atoms with Crippen LogP contribution >= 0.6 is 11.8 Å². The van der Waals surface area contributed by atoms with Crippen LogP contribution in [0.25, 0.3) is 11.0 Å². The molecule has 150 valence electrons. The van der Waals surface area contributed by atoms with Gasteiger partial charge in [0.25, 0.3) is 5.56 Å². The Hall–Kier alpha value is -3.40. The summed E-state index contributed by atoms with van der Waals surface area (Å²) in [4.78, 5) is 53.0. The molecule has 0 aliphatic heterocycles. The van der Waals surface area contributed by atoms with Crippen LogP contribution in [0.3, 0.4) is 0 Å². The molecule has 10 heteroatoms. The molecule has 1 amide bonds. The minimum atomic E-state index is -0.467. The molecule has 0 unspecified atom stereocenters. The number of aromatic nitrogens is 3. The summed E-state index contributed by atoms with van der Waals surface area (Å²) in [5.41, 5.74) is 0.246. The van der Waals surface area contributed by atoms with Crippen molar-refractivity contribution in [2.45, 2.75) is 4.90 Å². The maximum absolute atomic E-state index is 12.5. The van der Waals surface area contributed by atoms with Gasteiger partial charge in [-0.15, -0.1) is 11.8 Å². The highest BCUT2D eigenvalue weighted by Gasteiger charge is 2.15. The number of carbonyl (C=O) groups is 2. The molecule has 0 saturated carbocycles. The van der Waals surface area contributed by atoms with E-state index < -0.39 is 17.2 Å². The Morgan fingerprint density at radius 3 is 2.45 bits per heavy atom. The molecule has 29 heavy (non-hydrogen) atoms. The van der Waals surface area contributed by atoms with Gasteiger partial charge in [0, 0.05) is 30.9 Å². The fraction of sp³-hybridized carbons (Fsp3) is 0.211. The zero-order chi connectivity index (χ0) is 21.1. The number of hydrogen-bond donors (Lipinski definition) is 1. The number of thioether (sulfide) groups is 1. The molecular weight excluding hydrogens is 396 g/mol. The van der Waals surface area contributed by atoms with Crippen LogP contribution in [0.15, 0.2) is 51.0 Å². The first-order valence-corrected chi connectivity index (χ1v) is 9.47. The average Bonchev–Trinajstić information content (AvgIpc) is 2.74. The lowest BCUT2D eigenvalue weighted by atomic mass is 10.2. The van der Waals surface area contributed by atoms with Gasteiger partial charge in [-0.25, -0.2) is 14.6 Å². The minimum absolute atomic E-state index is 0.0455. The molecule has 2 heterocycles. The number of aryl methyl sites for hydroxylation is 1. The van der Waals surface area contributed by atoms with Gasteiger partial charge in [0.05, 0.1) is 23.8 Å². The SMILES string of the molecule is COC(=O)c1ccc(NC(=O)CSc2ccnc3c2c(=O)n(C)c(=O)n3C)cc1. The number of nitrogens with zero attached hydrogens (tertiary/aromatic N) is 3. The molecule has 0 spiro atoms. The molecule has 0 bridgehead atoms. The Morgan fingerprint density at radius 2 is 1.79 bits per heavy atom. The fourth-order valence-corrected chi connectivity index (χ4v) is 3.57. The fourth-order valence-electron chi connectivity index (χ4n) is 2.73. The van der Waals surface area contributed by atoms with Gasteiger partial charge in [0.2, 0.25) is 5.91 Å². The first-order chi connectivity index (χ1) is 13.8. The minimum Gasteiger partial charge on any atom is -0.465 e. The molecule has 3 rings (SSSR count). The first kappa shape index (κ1) is 20.3. The van der Waals surface area contributed by atoms with Crippen LogP contribution in [-0.4, -0.2) is 38.9 Å². The topological polar surface area (TPSA) is 112 Å². The Balaban J connectivity index is 1.77. The zero-order valence-corrected chi connectivity index (χ0v) is 16.8. The molecule has 0 saturated heterocycles. The summed E-state index contributed by atoms with van der Waals surface area (Å²) >= 11 is 1.17. The van der Waals surface area contributed by atoms with E-state index in [1.807, 2.05) is 0 Å². The average molecular weight is 414 g/mol. The lowest BCUT2D eigenvalue weighted by Crippen LogP contribution is -2.37. The molecule has 0 aliphatic rings. The predicted octanol–water partition coefficient (Wildman–Crippen LogP) is 1.15. The summed E-state index contributed by atoms with van der Waals surface area (Å²) in [7, 11) is 4.23. The summed E-state index contributed by atoms with van der Waals surface area (Å²) in [6, 6.07) is 7.94. The third kappa shape index (κ3) is 4.06. The van der Waals surface area contributed by atoms with Crippen molar-refractivity contribution in [2.24, 2.45) is 14.1 Å². The summed E-state index contributed by atoms with van der Waals surface area (Å²) in [5, 5.41) is 3.01. The number of hydrogen-bond acceptors (Lipinski definition) is 7. The number of rotatable bonds is 5. The van der Waals surface area contributed by atoms with E-state index >= 15 is 0 Å². The van der Waals surface area contributed by atoms with Crippen molar-refractivity contribution in [1.29, 1.82) is 0 Å². The number of anilines is 1. The standard InChI is InChI=1S/C19H18N4O5S/c1-22-16-15(17(25)23(2)19(22)27)13(8-9-20-16)29-10-14(24)21-12-6-4-11(5-7-12)18(26)28-3/h4-9H,10H2,1-3H3,(H,21,24). The van der Waals surface area contributed by atoms with E-state index in [2.05, 4.69) is 15.0 Å². The van der Waals surface area contributed by atoms with Crippen LogP contribution in [0, 0.1) is 0 Å². The van der Waals surface area contributed by atoms with Crippen LogP contribution in [0.1, 0.15) is 10.4 Å². The maximum atomic E-state index is 12.5. The van der Waals surface area contributed by atoms with Crippen LogP contribution in [-0.2, 0) is 23.6 Å². The second kappa shape index (κ2) is 8.31. The lowest BCUT2D eigenvalue weighted by molar-refractivity contribution is -0.113. The summed E-state index contributed by atoms with van der Waals surface area (Å²) < 4.78 is 6.94. The number of esters is 1. The smallest absolute Gasteiger partial charge is 0.337 e. The Labute approximate surface area is 169 Å². The van der Waals surface area contributed by atoms with Gasteiger partial charge in [-0.3, -0.25) is 18.7 Å². The maximum Gasteiger partial charge on any atom is 0.337 e. The van der Waals surface area contributed by atoms with E-state index in [0.717, 1.165) is 4.57 Å². The monoisotopic (exact) mass is 414 g/mol. The Bertz CT molecular complexity index is 1210. The van der Waals surface area contributed by atoms with Crippen LogP contribution < -0.4 is 16.6 Å². The van der Waals surface area contributed by atoms with E-state index in [0.29, 0.717) is 16.1 Å². The number of fused-ring (bicyclic) bond motifs is 1. The number of carbonyl (C=O) groups excluding carboxylic acids is 2. The second-order valence-corrected chi connectivity index (χ2v) is 7.14. The van der Waals surface area contributed by atoms with E-state index in [-0.39, 0.29) is 22.7 Å². The van der Waals surface area contributed by atoms with Gasteiger partial charge in [0.15, 0.2) is 0 Å². The third-order valence-corrected chi connectivity index (χ3v) is 5.31. The van der Waals surface area contributed by atoms with Gasteiger partial charge in [-0.05, 0) is 30.3 Å². The third-order valence-electron chi connectivity index (χ3n) is 4.25. The quantitative estimate of drug-likeness (QED) is 0.492. The molecule has 0 atom stereocenters. The highest BCUT2D eigenvalue weighted by Crippen LogP contribution is 2.23. The van der Waals surface area contributed by atoms with Crippen molar-refractivity contribution in [3.05, 3.63) is 62.9 Å². The molecule has 0 fully saturated rings. The molecule has 0 aliphatic carbocycles. The summed E-state index contributed by atoms with van der Waals surface area (Å²) in [6.07, 6.45) is 1.49. The van der Waals surface area contributed by atoms with E-state index in [1.54, 1.807) is 30.3 Å². The molecule has 3 aromatic rings. The summed E-state index contributed by atoms with van der Waals surface area (Å²) in [6.45, 7) is 0. The molecule has 0 radical (unpaired) electrons. The van der Waals surface area contributed by atoms with Crippen molar-refractivity contribution < 1.29 is 14.3 Å². The van der Waals surface area contributed by atoms with Crippen molar-refractivity contribution in [2.75, 3.05) is 18.2 Å². The van der Waals surface area contributed by atoms with Gasteiger partial charge in [-0.1, -0.05) is 0 Å². The van der Waals surface area contributed by atoms with Crippen molar-refractivity contribution in [3.8, 4) is 0 Å². The van der Waals surface area contributed by atoms with Gasteiger partial charge < -0.3 is 10.1 Å². The normalized spacial score (nSPS) is 10.7. The van der Waals surface area contributed by atoms with Crippen molar-refractivity contribution >= 4 is 40.4 Å². The number of pyridine rings is 1. The molecule has 2 aromatic heterocycles. The lowest BCUT2D eigenvalue weighted by Gasteiger charge is -2.10. The number of methoxy groups -OCH3 is 1. The Kier molecular flexibility index (Phi) is 5.83. The molecule has 1 aromatic carbocycles. The number of nitrogens with one attached hydrogen (secondary N) is 1. The zero-order valence-electron chi connectivity index (χ0n) is 16.0. The van der Waals surface area contributed by atoms with Crippen LogP contribution in [0.5, 0.6) is 0 Å². The first-order valence-electron chi connectivity index (χ1n) is 8.49. The van der Waals surface area contributed by atoms with Crippen molar-refractivity contribution in [1.82, 2.24) is 14.1 Å².